The molecule has 1 aromatic carbocycles. The highest BCUT2D eigenvalue weighted by Crippen LogP contribution is 2.33. The van der Waals surface area contributed by atoms with E-state index in [9.17, 15) is 18.0 Å². The van der Waals surface area contributed by atoms with Gasteiger partial charge in [0.1, 0.15) is 0 Å². The summed E-state index contributed by atoms with van der Waals surface area (Å²) in [6, 6.07) is 11.4. The number of hydrogen-bond donors (Lipinski definition) is 2. The molecule has 4 aromatic rings. The second kappa shape index (κ2) is 6.24. The lowest BCUT2D eigenvalue weighted by molar-refractivity contribution is -0.143. The number of amides is 1. The van der Waals surface area contributed by atoms with Crippen LogP contribution in [0.15, 0.2) is 54.9 Å². The SMILES string of the molecule is O=C(Nc1nc2ccccc2[nH]1)c1cnn(-c2ccccn2)c1C(F)(F)F. The second-order valence-electron chi connectivity index (χ2n) is 5.56. The molecule has 7 nitrogen and oxygen atoms in total. The van der Waals surface area contributed by atoms with Gasteiger partial charge in [0, 0.05) is 6.20 Å². The maximum atomic E-state index is 13.6. The van der Waals surface area contributed by atoms with Gasteiger partial charge >= 0.3 is 6.18 Å². The molecule has 0 spiro atoms. The third kappa shape index (κ3) is 3.12. The molecule has 4 rings (SSSR count). The van der Waals surface area contributed by atoms with Crippen LogP contribution in [-0.2, 0) is 6.18 Å². The van der Waals surface area contributed by atoms with Crippen LogP contribution in [0.2, 0.25) is 0 Å². The van der Waals surface area contributed by atoms with E-state index in [2.05, 4.69) is 25.4 Å². The molecule has 0 saturated carbocycles. The Morgan fingerprint density at radius 2 is 1.89 bits per heavy atom. The molecule has 0 saturated heterocycles. The monoisotopic (exact) mass is 372 g/mol. The van der Waals surface area contributed by atoms with Crippen LogP contribution in [0.5, 0.6) is 0 Å². The van der Waals surface area contributed by atoms with Gasteiger partial charge in [-0.15, -0.1) is 0 Å². The lowest BCUT2D eigenvalue weighted by Gasteiger charge is -2.11. The van der Waals surface area contributed by atoms with Gasteiger partial charge in [-0.3, -0.25) is 10.1 Å². The third-order valence-corrected chi connectivity index (χ3v) is 3.77. The third-order valence-electron chi connectivity index (χ3n) is 3.77. The maximum absolute atomic E-state index is 13.6. The number of anilines is 1. The number of para-hydroxylation sites is 2. The van der Waals surface area contributed by atoms with Crippen molar-refractivity contribution in [3.05, 3.63) is 66.1 Å². The number of benzene rings is 1. The molecule has 2 N–H and O–H groups in total. The van der Waals surface area contributed by atoms with E-state index in [1.807, 2.05) is 0 Å². The minimum Gasteiger partial charge on any atom is -0.324 e. The molecule has 3 aromatic heterocycles. The van der Waals surface area contributed by atoms with Crippen molar-refractivity contribution in [2.75, 3.05) is 5.32 Å². The number of fused-ring (bicyclic) bond motifs is 1. The average molecular weight is 372 g/mol. The number of nitrogens with one attached hydrogen (secondary N) is 2. The van der Waals surface area contributed by atoms with E-state index in [1.54, 1.807) is 30.3 Å². The van der Waals surface area contributed by atoms with E-state index in [0.717, 1.165) is 6.20 Å². The number of aromatic nitrogens is 5. The number of H-pyrrole nitrogens is 1. The zero-order valence-corrected chi connectivity index (χ0v) is 13.5. The molecule has 1 amide bonds. The topological polar surface area (TPSA) is 88.5 Å². The average Bonchev–Trinajstić information content (AvgIpc) is 3.26. The van der Waals surface area contributed by atoms with Gasteiger partial charge < -0.3 is 4.98 Å². The van der Waals surface area contributed by atoms with Gasteiger partial charge in [-0.1, -0.05) is 18.2 Å². The molecule has 0 unspecified atom stereocenters. The first-order chi connectivity index (χ1) is 12.9. The minimum atomic E-state index is -4.81. The lowest BCUT2D eigenvalue weighted by Crippen LogP contribution is -2.21. The van der Waals surface area contributed by atoms with Crippen LogP contribution >= 0.6 is 0 Å². The van der Waals surface area contributed by atoms with Crippen LogP contribution in [0.4, 0.5) is 19.1 Å². The van der Waals surface area contributed by atoms with Crippen LogP contribution in [0.3, 0.4) is 0 Å². The van der Waals surface area contributed by atoms with Gasteiger partial charge in [0.15, 0.2) is 11.5 Å². The summed E-state index contributed by atoms with van der Waals surface area (Å²) < 4.78 is 41.4. The quantitative estimate of drug-likeness (QED) is 0.577. The van der Waals surface area contributed by atoms with E-state index in [1.165, 1.54) is 18.3 Å². The highest BCUT2D eigenvalue weighted by atomic mass is 19.4. The largest absolute Gasteiger partial charge is 0.434 e. The molecule has 0 bridgehead atoms. The normalized spacial score (nSPS) is 11.7. The van der Waals surface area contributed by atoms with E-state index in [0.29, 0.717) is 15.7 Å². The summed E-state index contributed by atoms with van der Waals surface area (Å²) in [5.41, 5.74) is -0.621. The predicted molar refractivity (Wildman–Crippen MR) is 90.4 cm³/mol. The van der Waals surface area contributed by atoms with Crippen molar-refractivity contribution in [3.8, 4) is 5.82 Å². The number of rotatable bonds is 3. The first-order valence-electron chi connectivity index (χ1n) is 7.76. The van der Waals surface area contributed by atoms with Crippen LogP contribution in [0.25, 0.3) is 16.9 Å². The Bertz CT molecular complexity index is 1080. The number of hydrogen-bond acceptors (Lipinski definition) is 4. The van der Waals surface area contributed by atoms with E-state index in [-0.39, 0.29) is 11.8 Å². The zero-order valence-electron chi connectivity index (χ0n) is 13.5. The molecule has 0 aliphatic rings. The number of aromatic amines is 1. The molecule has 10 heteroatoms. The highest BCUT2D eigenvalue weighted by Gasteiger charge is 2.41. The number of halogens is 3. The van der Waals surface area contributed by atoms with Crippen LogP contribution in [0, 0.1) is 0 Å². The van der Waals surface area contributed by atoms with Gasteiger partial charge in [0.2, 0.25) is 5.95 Å². The van der Waals surface area contributed by atoms with Gasteiger partial charge in [-0.2, -0.15) is 18.3 Å². The standard InChI is InChI=1S/C17H11F3N6O/c18-17(19,20)14-10(9-22-26(14)13-7-3-4-8-21-13)15(27)25-16-23-11-5-1-2-6-12(11)24-16/h1-9H,(H2,23,24,25,27). The van der Waals surface area contributed by atoms with Crippen LogP contribution < -0.4 is 5.32 Å². The molecule has 3 heterocycles. The van der Waals surface area contributed by atoms with Crippen molar-refractivity contribution in [2.45, 2.75) is 6.18 Å². The van der Waals surface area contributed by atoms with Crippen molar-refractivity contribution in [2.24, 2.45) is 0 Å². The first kappa shape index (κ1) is 16.8. The van der Waals surface area contributed by atoms with Gasteiger partial charge in [0.05, 0.1) is 22.8 Å². The number of nitrogens with zero attached hydrogens (tertiary/aromatic N) is 4. The summed E-state index contributed by atoms with van der Waals surface area (Å²) in [4.78, 5) is 23.3. The van der Waals surface area contributed by atoms with E-state index < -0.39 is 23.3 Å². The van der Waals surface area contributed by atoms with Crippen molar-refractivity contribution in [1.82, 2.24) is 24.7 Å². The van der Waals surface area contributed by atoms with Gasteiger partial charge in [0.25, 0.3) is 5.91 Å². The Hall–Kier alpha value is -3.69. The fraction of sp³-hybridized carbons (Fsp3) is 0.0588. The lowest BCUT2D eigenvalue weighted by atomic mass is 10.2. The summed E-state index contributed by atoms with van der Waals surface area (Å²) in [6.07, 6.45) is -2.62. The molecule has 136 valence electrons. The Labute approximate surface area is 149 Å². The molecular weight excluding hydrogens is 361 g/mol. The number of pyridine rings is 1. The molecule has 0 aliphatic carbocycles. The summed E-state index contributed by atoms with van der Waals surface area (Å²) in [6.45, 7) is 0. The van der Waals surface area contributed by atoms with Crippen molar-refractivity contribution in [1.29, 1.82) is 0 Å². The fourth-order valence-electron chi connectivity index (χ4n) is 2.63. The van der Waals surface area contributed by atoms with E-state index in [4.69, 9.17) is 0 Å². The van der Waals surface area contributed by atoms with Crippen molar-refractivity contribution in [3.63, 3.8) is 0 Å². The fourth-order valence-corrected chi connectivity index (χ4v) is 2.63. The Kier molecular flexibility index (Phi) is 3.87. The van der Waals surface area contributed by atoms with Crippen molar-refractivity contribution < 1.29 is 18.0 Å². The Morgan fingerprint density at radius 1 is 1.11 bits per heavy atom. The number of imidazole rings is 1. The summed E-state index contributed by atoms with van der Waals surface area (Å²) in [5, 5.41) is 6.05. The Morgan fingerprint density at radius 3 is 2.59 bits per heavy atom. The van der Waals surface area contributed by atoms with Crippen molar-refractivity contribution >= 4 is 22.9 Å². The summed E-state index contributed by atoms with van der Waals surface area (Å²) in [5.74, 6) is -0.990. The highest BCUT2D eigenvalue weighted by molar-refractivity contribution is 6.04. The maximum Gasteiger partial charge on any atom is 0.434 e. The molecule has 0 radical (unpaired) electrons. The molecule has 27 heavy (non-hydrogen) atoms. The second-order valence-corrected chi connectivity index (χ2v) is 5.56. The van der Waals surface area contributed by atoms with E-state index >= 15 is 0 Å². The van der Waals surface area contributed by atoms with Gasteiger partial charge in [-0.25, -0.2) is 14.6 Å². The number of carbonyl (C=O) groups is 1. The van der Waals surface area contributed by atoms with Crippen LogP contribution in [0.1, 0.15) is 16.1 Å². The van der Waals surface area contributed by atoms with Gasteiger partial charge in [-0.05, 0) is 24.3 Å². The molecule has 0 aliphatic heterocycles. The smallest absolute Gasteiger partial charge is 0.324 e. The first-order valence-corrected chi connectivity index (χ1v) is 7.76. The number of carbonyl (C=O) groups excluding carboxylic acids is 1. The molecule has 0 fully saturated rings. The minimum absolute atomic E-state index is 0.0416. The summed E-state index contributed by atoms with van der Waals surface area (Å²) >= 11 is 0. The molecular formula is C17H11F3N6O. The predicted octanol–water partition coefficient (Wildman–Crippen LogP) is 3.41. The Balaban J connectivity index is 1.72. The zero-order chi connectivity index (χ0) is 19.0. The van der Waals surface area contributed by atoms with Crippen LogP contribution in [-0.4, -0.2) is 30.6 Å². The number of alkyl halides is 3. The molecule has 0 atom stereocenters. The summed E-state index contributed by atoms with van der Waals surface area (Å²) in [7, 11) is 0.